The Balaban J connectivity index is 0. The van der Waals surface area contributed by atoms with Crippen LogP contribution in [0.15, 0.2) is 0 Å². The number of rotatable bonds is 0. The van der Waals surface area contributed by atoms with Crippen LogP contribution in [-0.4, -0.2) is 6.68 Å². The molecule has 0 saturated heterocycles. The molecule has 40 valence electrons. The molecule has 0 aliphatic rings. The second kappa shape index (κ2) is 8.83. The van der Waals surface area contributed by atoms with E-state index in [0.717, 1.165) is 0 Å². The first-order chi connectivity index (χ1) is 2.73. The van der Waals surface area contributed by atoms with E-state index in [1.54, 1.807) is 0 Å². The lowest BCUT2D eigenvalue weighted by Crippen LogP contribution is -2.02. The van der Waals surface area contributed by atoms with Gasteiger partial charge in [-0.15, -0.1) is 0 Å². The SMILES string of the molecule is FC(F)F.NN. The van der Waals surface area contributed by atoms with Crippen LogP contribution in [-0.2, 0) is 0 Å². The third-order valence-electron chi connectivity index (χ3n) is 0. The molecule has 0 rings (SSSR count). The predicted molar refractivity (Wildman–Crippen MR) is 15.5 cm³/mol. The van der Waals surface area contributed by atoms with Crippen molar-refractivity contribution in [3.05, 3.63) is 0 Å². The monoisotopic (exact) mass is 102 g/mol. The number of nitrogens with two attached hydrogens (primary N) is 2. The Hall–Kier alpha value is -0.290. The summed E-state index contributed by atoms with van der Waals surface area (Å²) in [6.07, 6.45) is 0. The molecule has 0 spiro atoms. The van der Waals surface area contributed by atoms with Crippen molar-refractivity contribution < 1.29 is 13.2 Å². The number of alkyl halides is 3. The minimum Gasteiger partial charge on any atom is -0.274 e. The summed E-state index contributed by atoms with van der Waals surface area (Å²) in [5.74, 6) is 8.00. The molecule has 0 amide bonds. The molecule has 0 aliphatic carbocycles. The summed E-state index contributed by atoms with van der Waals surface area (Å²) < 4.78 is 29.0. The van der Waals surface area contributed by atoms with Crippen molar-refractivity contribution >= 4 is 0 Å². The highest BCUT2D eigenvalue weighted by Gasteiger charge is 1.86. The van der Waals surface area contributed by atoms with Crippen LogP contribution >= 0.6 is 0 Å². The molecule has 0 fully saturated rings. The van der Waals surface area contributed by atoms with Crippen LogP contribution in [0, 0.1) is 0 Å². The van der Waals surface area contributed by atoms with Crippen LogP contribution in [0.25, 0.3) is 0 Å². The van der Waals surface area contributed by atoms with Crippen LogP contribution in [0.4, 0.5) is 13.2 Å². The third-order valence-corrected chi connectivity index (χ3v) is 0. The highest BCUT2D eigenvalue weighted by Crippen LogP contribution is 1.87. The Kier molecular flexibility index (Phi) is 13.5. The lowest BCUT2D eigenvalue weighted by atomic mass is 11.6. The van der Waals surface area contributed by atoms with Gasteiger partial charge in [-0.3, -0.25) is 11.7 Å². The molecule has 0 unspecified atom stereocenters. The van der Waals surface area contributed by atoms with Crippen molar-refractivity contribution in [1.82, 2.24) is 0 Å². The average molecular weight is 102 g/mol. The predicted octanol–water partition coefficient (Wildman–Crippen LogP) is -0.00270. The van der Waals surface area contributed by atoms with Crippen molar-refractivity contribution in [2.24, 2.45) is 11.7 Å². The minimum absolute atomic E-state index is 3.67. The summed E-state index contributed by atoms with van der Waals surface area (Å²) in [6.45, 7) is -3.67. The summed E-state index contributed by atoms with van der Waals surface area (Å²) in [5.41, 5.74) is 0. The Labute approximate surface area is 32.9 Å². The van der Waals surface area contributed by atoms with Crippen LogP contribution in [0.1, 0.15) is 0 Å². The molecule has 0 aromatic carbocycles. The number of halogens is 3. The molecule has 0 aromatic heterocycles. The molecular formula is CH5F3N2. The molecule has 0 aliphatic heterocycles. The van der Waals surface area contributed by atoms with E-state index in [1.165, 1.54) is 0 Å². The standard InChI is InChI=1S/CHF3.H4N2/c2-1(3)4;1-2/h1H;1-2H2. The molecule has 0 aromatic rings. The van der Waals surface area contributed by atoms with Gasteiger partial charge in [0.1, 0.15) is 0 Å². The lowest BCUT2D eigenvalue weighted by Gasteiger charge is -1.65. The van der Waals surface area contributed by atoms with Gasteiger partial charge in [0.15, 0.2) is 0 Å². The molecule has 0 radical (unpaired) electrons. The zero-order valence-electron chi connectivity index (χ0n) is 2.87. The van der Waals surface area contributed by atoms with E-state index >= 15 is 0 Å². The maximum Gasteiger partial charge on any atom is 0.379 e. The number of hydrazine groups is 1. The Morgan fingerprint density at radius 2 is 1.00 bits per heavy atom. The topological polar surface area (TPSA) is 52.0 Å². The van der Waals surface area contributed by atoms with E-state index in [-0.39, 0.29) is 0 Å². The van der Waals surface area contributed by atoms with E-state index in [4.69, 9.17) is 0 Å². The van der Waals surface area contributed by atoms with Gasteiger partial charge in [-0.1, -0.05) is 0 Å². The van der Waals surface area contributed by atoms with Gasteiger partial charge < -0.3 is 0 Å². The van der Waals surface area contributed by atoms with Crippen LogP contribution in [0.2, 0.25) is 0 Å². The molecule has 0 atom stereocenters. The first-order valence-electron chi connectivity index (χ1n) is 0.988. The van der Waals surface area contributed by atoms with Crippen LogP contribution in [0.5, 0.6) is 0 Å². The van der Waals surface area contributed by atoms with Crippen LogP contribution in [0.3, 0.4) is 0 Å². The van der Waals surface area contributed by atoms with Crippen molar-refractivity contribution in [1.29, 1.82) is 0 Å². The number of hydrogen-bond acceptors (Lipinski definition) is 2. The summed E-state index contributed by atoms with van der Waals surface area (Å²) in [7, 11) is 0. The van der Waals surface area contributed by atoms with E-state index in [9.17, 15) is 13.2 Å². The summed E-state index contributed by atoms with van der Waals surface area (Å²) in [4.78, 5) is 0. The largest absolute Gasteiger partial charge is 0.379 e. The van der Waals surface area contributed by atoms with E-state index in [1.807, 2.05) is 0 Å². The van der Waals surface area contributed by atoms with Gasteiger partial charge in [0.05, 0.1) is 0 Å². The van der Waals surface area contributed by atoms with Gasteiger partial charge in [0, 0.05) is 0 Å². The molecule has 0 bridgehead atoms. The summed E-state index contributed by atoms with van der Waals surface area (Å²) in [5, 5.41) is 0. The zero-order chi connectivity index (χ0) is 5.58. The Morgan fingerprint density at radius 1 is 1.00 bits per heavy atom. The maximum atomic E-state index is 9.67. The van der Waals surface area contributed by atoms with Gasteiger partial charge in [0.2, 0.25) is 0 Å². The number of hydrogen-bond donors (Lipinski definition) is 2. The highest BCUT2D eigenvalue weighted by atomic mass is 19.4. The Bertz CT molecular complexity index is 13.5. The normalized spacial score (nSPS) is 7.00. The summed E-state index contributed by atoms with van der Waals surface area (Å²) in [6, 6.07) is 0. The lowest BCUT2D eigenvalue weighted by molar-refractivity contribution is 0.00819. The second-order valence-electron chi connectivity index (χ2n) is 0.247. The second-order valence-corrected chi connectivity index (χ2v) is 0.247. The summed E-state index contributed by atoms with van der Waals surface area (Å²) >= 11 is 0. The van der Waals surface area contributed by atoms with Crippen molar-refractivity contribution in [3.8, 4) is 0 Å². The van der Waals surface area contributed by atoms with Crippen molar-refractivity contribution in [2.75, 3.05) is 0 Å². The fraction of sp³-hybridized carbons (Fsp3) is 1.00. The van der Waals surface area contributed by atoms with Gasteiger partial charge in [-0.05, 0) is 0 Å². The maximum absolute atomic E-state index is 9.67. The molecule has 0 saturated carbocycles. The minimum atomic E-state index is -3.67. The molecule has 5 heteroatoms. The average Bonchev–Trinajstić information content (AvgIpc) is 1.41. The van der Waals surface area contributed by atoms with Gasteiger partial charge in [-0.25, -0.2) is 0 Å². The van der Waals surface area contributed by atoms with Crippen LogP contribution < -0.4 is 11.7 Å². The molecule has 6 heavy (non-hydrogen) atoms. The first kappa shape index (κ1) is 9.20. The van der Waals surface area contributed by atoms with E-state index in [2.05, 4.69) is 11.7 Å². The highest BCUT2D eigenvalue weighted by molar-refractivity contribution is 3.83. The van der Waals surface area contributed by atoms with E-state index in [0.29, 0.717) is 0 Å². The van der Waals surface area contributed by atoms with Gasteiger partial charge >= 0.3 is 6.68 Å². The zero-order valence-corrected chi connectivity index (χ0v) is 2.87. The van der Waals surface area contributed by atoms with Gasteiger partial charge in [-0.2, -0.15) is 13.2 Å². The first-order valence-corrected chi connectivity index (χ1v) is 0.988. The third kappa shape index (κ3) is 324. The van der Waals surface area contributed by atoms with Crippen molar-refractivity contribution in [2.45, 2.75) is 6.68 Å². The van der Waals surface area contributed by atoms with E-state index < -0.39 is 6.68 Å². The quantitative estimate of drug-likeness (QED) is 0.334. The fourth-order valence-electron chi connectivity index (χ4n) is 0. The smallest absolute Gasteiger partial charge is 0.274 e. The Morgan fingerprint density at radius 3 is 1.00 bits per heavy atom. The fourth-order valence-corrected chi connectivity index (χ4v) is 0. The molecular weight excluding hydrogens is 97.0 g/mol. The van der Waals surface area contributed by atoms with Gasteiger partial charge in [0.25, 0.3) is 0 Å². The molecule has 2 nitrogen and oxygen atoms in total. The molecule has 4 N–H and O–H groups in total. The van der Waals surface area contributed by atoms with Crippen molar-refractivity contribution in [3.63, 3.8) is 0 Å². The molecule has 0 heterocycles.